The van der Waals surface area contributed by atoms with Gasteiger partial charge in [0.05, 0.1) is 5.56 Å². The van der Waals surface area contributed by atoms with Crippen LogP contribution < -0.4 is 0 Å². The van der Waals surface area contributed by atoms with E-state index in [4.69, 9.17) is 0 Å². The van der Waals surface area contributed by atoms with Crippen molar-refractivity contribution in [1.29, 1.82) is 0 Å². The number of imidazole rings is 1. The van der Waals surface area contributed by atoms with Crippen molar-refractivity contribution in [2.75, 3.05) is 0 Å². The van der Waals surface area contributed by atoms with Gasteiger partial charge in [0.25, 0.3) is 0 Å². The molecule has 1 heterocycles. The van der Waals surface area contributed by atoms with E-state index in [9.17, 15) is 9.50 Å². The molecule has 0 spiro atoms. The van der Waals surface area contributed by atoms with Crippen molar-refractivity contribution in [3.63, 3.8) is 0 Å². The second-order valence-corrected chi connectivity index (χ2v) is 3.27. The van der Waals surface area contributed by atoms with Crippen LogP contribution in [-0.4, -0.2) is 15.1 Å². The normalized spacial score (nSPS) is 10.5. The lowest BCUT2D eigenvalue weighted by Gasteiger charge is -2.00. The van der Waals surface area contributed by atoms with Crippen molar-refractivity contribution >= 4 is 0 Å². The zero-order valence-corrected chi connectivity index (χ0v) is 8.29. The van der Waals surface area contributed by atoms with E-state index in [2.05, 4.69) is 9.97 Å². The highest BCUT2D eigenvalue weighted by Crippen LogP contribution is 2.24. The first-order chi connectivity index (χ1) is 7.20. The third-order valence-electron chi connectivity index (χ3n) is 2.21. The molecule has 0 saturated carbocycles. The standard InChI is InChI=1S/C11H11FN2O/c1-2-7-6-13-11(14-7)9-5-8(15)3-4-10(9)12/h3-6,15H,2H2,1H3,(H,13,14). The lowest BCUT2D eigenvalue weighted by atomic mass is 10.2. The highest BCUT2D eigenvalue weighted by atomic mass is 19.1. The van der Waals surface area contributed by atoms with Gasteiger partial charge in [0.2, 0.25) is 0 Å². The number of nitrogens with zero attached hydrogens (tertiary/aromatic N) is 1. The first-order valence-corrected chi connectivity index (χ1v) is 4.73. The monoisotopic (exact) mass is 206 g/mol. The molecule has 0 aliphatic carbocycles. The molecule has 1 aromatic heterocycles. The lowest BCUT2D eigenvalue weighted by molar-refractivity contribution is 0.473. The van der Waals surface area contributed by atoms with E-state index in [-0.39, 0.29) is 11.3 Å². The summed E-state index contributed by atoms with van der Waals surface area (Å²) in [6, 6.07) is 3.88. The summed E-state index contributed by atoms with van der Waals surface area (Å²) in [6.45, 7) is 1.98. The van der Waals surface area contributed by atoms with Gasteiger partial charge >= 0.3 is 0 Å². The zero-order chi connectivity index (χ0) is 10.8. The summed E-state index contributed by atoms with van der Waals surface area (Å²) in [4.78, 5) is 7.04. The molecule has 0 unspecified atom stereocenters. The average Bonchev–Trinajstić information content (AvgIpc) is 2.70. The second-order valence-electron chi connectivity index (χ2n) is 3.27. The molecule has 1 aromatic carbocycles. The Morgan fingerprint density at radius 3 is 2.93 bits per heavy atom. The Bertz CT molecular complexity index is 479. The smallest absolute Gasteiger partial charge is 0.140 e. The third-order valence-corrected chi connectivity index (χ3v) is 2.21. The van der Waals surface area contributed by atoms with Crippen molar-refractivity contribution in [2.24, 2.45) is 0 Å². The summed E-state index contributed by atoms with van der Waals surface area (Å²) in [5.74, 6) is 0.0749. The van der Waals surface area contributed by atoms with Crippen LogP contribution in [-0.2, 0) is 6.42 Å². The van der Waals surface area contributed by atoms with E-state index < -0.39 is 5.82 Å². The molecule has 78 valence electrons. The molecule has 0 amide bonds. The van der Waals surface area contributed by atoms with Crippen LogP contribution in [0.3, 0.4) is 0 Å². The predicted octanol–water partition coefficient (Wildman–Crippen LogP) is 2.48. The molecular formula is C11H11FN2O. The van der Waals surface area contributed by atoms with Gasteiger partial charge < -0.3 is 10.1 Å². The number of H-pyrrole nitrogens is 1. The van der Waals surface area contributed by atoms with Gasteiger partial charge in [-0.2, -0.15) is 0 Å². The Balaban J connectivity index is 2.48. The Labute approximate surface area is 86.6 Å². The van der Waals surface area contributed by atoms with Gasteiger partial charge in [0.1, 0.15) is 17.4 Å². The minimum Gasteiger partial charge on any atom is -0.508 e. The Morgan fingerprint density at radius 2 is 2.27 bits per heavy atom. The Morgan fingerprint density at radius 1 is 1.47 bits per heavy atom. The number of nitrogens with one attached hydrogen (secondary N) is 1. The third kappa shape index (κ3) is 1.83. The van der Waals surface area contributed by atoms with Gasteiger partial charge in [-0.05, 0) is 24.6 Å². The van der Waals surface area contributed by atoms with Crippen LogP contribution in [0.1, 0.15) is 12.6 Å². The summed E-state index contributed by atoms with van der Waals surface area (Å²) in [7, 11) is 0. The topological polar surface area (TPSA) is 48.9 Å². The van der Waals surface area contributed by atoms with E-state index in [0.717, 1.165) is 12.1 Å². The van der Waals surface area contributed by atoms with Crippen molar-refractivity contribution in [1.82, 2.24) is 9.97 Å². The number of aromatic hydroxyl groups is 1. The fraction of sp³-hybridized carbons (Fsp3) is 0.182. The number of phenolic OH excluding ortho intramolecular Hbond substituents is 1. The predicted molar refractivity (Wildman–Crippen MR) is 55.0 cm³/mol. The first-order valence-electron chi connectivity index (χ1n) is 4.73. The maximum absolute atomic E-state index is 13.4. The molecule has 2 N–H and O–H groups in total. The number of aromatic amines is 1. The molecule has 0 aliphatic rings. The SMILES string of the molecule is CCc1cnc(-c2cc(O)ccc2F)[nH]1. The van der Waals surface area contributed by atoms with E-state index >= 15 is 0 Å². The minimum atomic E-state index is -0.398. The molecule has 2 rings (SSSR count). The highest BCUT2D eigenvalue weighted by molar-refractivity contribution is 5.58. The lowest BCUT2D eigenvalue weighted by Crippen LogP contribution is -1.86. The molecule has 0 fully saturated rings. The molecule has 15 heavy (non-hydrogen) atoms. The quantitative estimate of drug-likeness (QED) is 0.793. The van der Waals surface area contributed by atoms with Crippen LogP contribution >= 0.6 is 0 Å². The van der Waals surface area contributed by atoms with Gasteiger partial charge in [0.15, 0.2) is 0 Å². The molecule has 2 aromatic rings. The molecule has 4 heteroatoms. The highest BCUT2D eigenvalue weighted by Gasteiger charge is 2.09. The molecule has 0 saturated heterocycles. The molecule has 0 aliphatic heterocycles. The maximum Gasteiger partial charge on any atom is 0.140 e. The fourth-order valence-electron chi connectivity index (χ4n) is 1.37. The first kappa shape index (κ1) is 9.71. The number of halogens is 1. The van der Waals surface area contributed by atoms with Gasteiger partial charge in [0, 0.05) is 11.9 Å². The molecule has 3 nitrogen and oxygen atoms in total. The summed E-state index contributed by atoms with van der Waals surface area (Å²) in [5.41, 5.74) is 1.22. The van der Waals surface area contributed by atoms with Crippen LogP contribution in [0.2, 0.25) is 0 Å². The number of benzene rings is 1. The van der Waals surface area contributed by atoms with Gasteiger partial charge in [-0.25, -0.2) is 9.37 Å². The van der Waals surface area contributed by atoms with E-state index in [0.29, 0.717) is 5.82 Å². The number of hydrogen-bond acceptors (Lipinski definition) is 2. The fourth-order valence-corrected chi connectivity index (χ4v) is 1.37. The van der Waals surface area contributed by atoms with E-state index in [1.807, 2.05) is 6.92 Å². The summed E-state index contributed by atoms with van der Waals surface area (Å²) in [5, 5.41) is 9.25. The number of hydrogen-bond donors (Lipinski definition) is 2. The van der Waals surface area contributed by atoms with Crippen LogP contribution in [0, 0.1) is 5.82 Å². The number of rotatable bonds is 2. The minimum absolute atomic E-state index is 0.0286. The van der Waals surface area contributed by atoms with Crippen molar-refractivity contribution in [2.45, 2.75) is 13.3 Å². The average molecular weight is 206 g/mol. The summed E-state index contributed by atoms with van der Waals surface area (Å²) in [6.07, 6.45) is 2.48. The number of aryl methyl sites for hydroxylation is 1. The molecular weight excluding hydrogens is 195 g/mol. The van der Waals surface area contributed by atoms with Gasteiger partial charge in [-0.15, -0.1) is 0 Å². The molecule has 0 bridgehead atoms. The largest absolute Gasteiger partial charge is 0.508 e. The zero-order valence-electron chi connectivity index (χ0n) is 8.29. The number of aromatic nitrogens is 2. The Kier molecular flexibility index (Phi) is 2.41. The summed E-state index contributed by atoms with van der Waals surface area (Å²) < 4.78 is 13.4. The van der Waals surface area contributed by atoms with Crippen molar-refractivity contribution in [3.05, 3.63) is 35.9 Å². The van der Waals surface area contributed by atoms with Crippen molar-refractivity contribution < 1.29 is 9.50 Å². The Hall–Kier alpha value is -1.84. The second kappa shape index (κ2) is 3.73. The van der Waals surface area contributed by atoms with Crippen LogP contribution in [0.15, 0.2) is 24.4 Å². The van der Waals surface area contributed by atoms with Crippen LogP contribution in [0.25, 0.3) is 11.4 Å². The van der Waals surface area contributed by atoms with Crippen LogP contribution in [0.5, 0.6) is 5.75 Å². The van der Waals surface area contributed by atoms with Crippen molar-refractivity contribution in [3.8, 4) is 17.1 Å². The molecule has 0 atom stereocenters. The van der Waals surface area contributed by atoms with E-state index in [1.165, 1.54) is 18.2 Å². The van der Waals surface area contributed by atoms with E-state index in [1.54, 1.807) is 6.20 Å². The number of phenols is 1. The van der Waals surface area contributed by atoms with Gasteiger partial charge in [-0.1, -0.05) is 6.92 Å². The summed E-state index contributed by atoms with van der Waals surface area (Å²) >= 11 is 0. The maximum atomic E-state index is 13.4. The molecule has 0 radical (unpaired) electrons. The van der Waals surface area contributed by atoms with Crippen LogP contribution in [0.4, 0.5) is 4.39 Å². The van der Waals surface area contributed by atoms with Gasteiger partial charge in [-0.3, -0.25) is 0 Å².